The predicted molar refractivity (Wildman–Crippen MR) is 80.5 cm³/mol. The maximum atomic E-state index is 11.3. The fraction of sp³-hybridized carbons (Fsp3) is 0.0769. The quantitative estimate of drug-likeness (QED) is 0.794. The molecule has 1 heterocycles. The van der Waals surface area contributed by atoms with Crippen LogP contribution < -0.4 is 0 Å². The number of nitrogens with zero attached hydrogens (tertiary/aromatic N) is 1. The van der Waals surface area contributed by atoms with Crippen molar-refractivity contribution in [3.8, 4) is 0 Å². The molecule has 0 aliphatic heterocycles. The molecule has 0 bridgehead atoms. The van der Waals surface area contributed by atoms with Gasteiger partial charge in [0.05, 0.1) is 5.56 Å². The number of pyridine rings is 1. The zero-order chi connectivity index (χ0) is 14.9. The van der Waals surface area contributed by atoms with Crippen molar-refractivity contribution >= 4 is 52.4 Å². The first-order valence-electron chi connectivity index (χ1n) is 5.40. The Bertz CT molecular complexity index is 668. The van der Waals surface area contributed by atoms with E-state index in [4.69, 9.17) is 46.4 Å². The van der Waals surface area contributed by atoms with Gasteiger partial charge in [0.2, 0.25) is 0 Å². The lowest BCUT2D eigenvalue weighted by Gasteiger charge is -2.09. The molecule has 1 aromatic carbocycles. The highest BCUT2D eigenvalue weighted by molar-refractivity contribution is 6.35. The van der Waals surface area contributed by atoms with Gasteiger partial charge in [-0.2, -0.15) is 0 Å². The number of rotatable bonds is 3. The minimum absolute atomic E-state index is 0.00565. The third kappa shape index (κ3) is 3.55. The highest BCUT2D eigenvalue weighted by atomic mass is 35.5. The Kier molecular flexibility index (Phi) is 4.76. The largest absolute Gasteiger partial charge is 0.478 e. The monoisotopic (exact) mass is 349 g/mol. The van der Waals surface area contributed by atoms with Gasteiger partial charge >= 0.3 is 5.97 Å². The summed E-state index contributed by atoms with van der Waals surface area (Å²) in [6, 6.07) is 6.22. The highest BCUT2D eigenvalue weighted by Crippen LogP contribution is 2.27. The number of aromatic nitrogens is 1. The van der Waals surface area contributed by atoms with Gasteiger partial charge in [0.25, 0.3) is 0 Å². The second-order valence-corrected chi connectivity index (χ2v) is 5.64. The van der Waals surface area contributed by atoms with Crippen molar-refractivity contribution in [3.63, 3.8) is 0 Å². The maximum absolute atomic E-state index is 11.3. The summed E-state index contributed by atoms with van der Waals surface area (Å²) in [4.78, 5) is 15.1. The van der Waals surface area contributed by atoms with E-state index in [1.54, 1.807) is 18.2 Å². The summed E-state index contributed by atoms with van der Waals surface area (Å²) in [6.45, 7) is 0. The molecule has 1 N–H and O–H groups in total. The summed E-state index contributed by atoms with van der Waals surface area (Å²) in [7, 11) is 0. The summed E-state index contributed by atoms with van der Waals surface area (Å²) in [5.41, 5.74) is 1.10. The molecule has 0 amide bonds. The Morgan fingerprint density at radius 2 is 1.65 bits per heavy atom. The van der Waals surface area contributed by atoms with Gasteiger partial charge in [0.1, 0.15) is 10.3 Å². The van der Waals surface area contributed by atoms with Gasteiger partial charge in [0.15, 0.2) is 0 Å². The van der Waals surface area contributed by atoms with Crippen LogP contribution in [0.15, 0.2) is 24.3 Å². The number of hydrogen-bond donors (Lipinski definition) is 1. The third-order valence-electron chi connectivity index (χ3n) is 2.58. The zero-order valence-corrected chi connectivity index (χ0v) is 12.9. The standard InChI is InChI=1S/C13H7Cl4NO2/c14-7-1-6(2-8(15)4-7)3-9-10(13(19)20)5-11(16)18-12(9)17/h1-2,4-5H,3H2,(H,19,20). The van der Waals surface area contributed by atoms with Crippen LogP contribution in [0.1, 0.15) is 21.5 Å². The van der Waals surface area contributed by atoms with Crippen molar-refractivity contribution in [1.82, 2.24) is 4.98 Å². The lowest BCUT2D eigenvalue weighted by atomic mass is 10.0. The van der Waals surface area contributed by atoms with Crippen LogP contribution in [0.2, 0.25) is 20.4 Å². The molecule has 0 radical (unpaired) electrons. The number of halogens is 4. The summed E-state index contributed by atoms with van der Waals surface area (Å²) in [6.07, 6.45) is 0.241. The molecule has 0 atom stereocenters. The van der Waals surface area contributed by atoms with Crippen molar-refractivity contribution in [3.05, 3.63) is 61.3 Å². The van der Waals surface area contributed by atoms with Crippen LogP contribution in [0.3, 0.4) is 0 Å². The molecule has 0 aliphatic rings. The lowest BCUT2D eigenvalue weighted by molar-refractivity contribution is 0.0695. The van der Waals surface area contributed by atoms with Crippen molar-refractivity contribution < 1.29 is 9.90 Å². The van der Waals surface area contributed by atoms with Crippen LogP contribution in [-0.4, -0.2) is 16.1 Å². The number of carboxylic acids is 1. The molecular formula is C13H7Cl4NO2. The lowest BCUT2D eigenvalue weighted by Crippen LogP contribution is -2.05. The number of hydrogen-bond acceptors (Lipinski definition) is 2. The molecule has 2 aromatic rings. The molecule has 0 aliphatic carbocycles. The van der Waals surface area contributed by atoms with Crippen LogP contribution in [0, 0.1) is 0 Å². The van der Waals surface area contributed by atoms with E-state index < -0.39 is 5.97 Å². The molecule has 2 rings (SSSR count). The summed E-state index contributed by atoms with van der Waals surface area (Å²) < 4.78 is 0. The first-order valence-corrected chi connectivity index (χ1v) is 6.91. The number of aromatic carboxylic acids is 1. The van der Waals surface area contributed by atoms with Crippen molar-refractivity contribution in [1.29, 1.82) is 0 Å². The van der Waals surface area contributed by atoms with E-state index in [0.717, 1.165) is 5.56 Å². The predicted octanol–water partition coefficient (Wildman–Crippen LogP) is 4.98. The smallest absolute Gasteiger partial charge is 0.336 e. The fourth-order valence-corrected chi connectivity index (χ4v) is 2.85. The van der Waals surface area contributed by atoms with Crippen LogP contribution >= 0.6 is 46.4 Å². The first kappa shape index (κ1) is 15.4. The van der Waals surface area contributed by atoms with Gasteiger partial charge in [-0.15, -0.1) is 0 Å². The van der Waals surface area contributed by atoms with Gasteiger partial charge in [-0.05, 0) is 29.8 Å². The zero-order valence-electron chi connectivity index (χ0n) is 9.83. The van der Waals surface area contributed by atoms with Gasteiger partial charge in [0, 0.05) is 22.0 Å². The van der Waals surface area contributed by atoms with Gasteiger partial charge in [-0.1, -0.05) is 46.4 Å². The number of benzene rings is 1. The molecule has 0 saturated carbocycles. The van der Waals surface area contributed by atoms with E-state index >= 15 is 0 Å². The average Bonchev–Trinajstić information content (AvgIpc) is 2.30. The normalized spacial score (nSPS) is 10.6. The Morgan fingerprint density at radius 3 is 2.20 bits per heavy atom. The van der Waals surface area contributed by atoms with Crippen LogP contribution in [-0.2, 0) is 6.42 Å². The molecule has 0 spiro atoms. The second kappa shape index (κ2) is 6.19. The van der Waals surface area contributed by atoms with Crippen molar-refractivity contribution in [2.24, 2.45) is 0 Å². The topological polar surface area (TPSA) is 50.2 Å². The number of carboxylic acid groups (broad SMARTS) is 1. The molecule has 0 fully saturated rings. The molecular weight excluding hydrogens is 344 g/mol. The maximum Gasteiger partial charge on any atom is 0.336 e. The fourth-order valence-electron chi connectivity index (χ4n) is 1.79. The molecule has 104 valence electrons. The van der Waals surface area contributed by atoms with E-state index in [2.05, 4.69) is 4.98 Å². The molecule has 0 unspecified atom stereocenters. The van der Waals surface area contributed by atoms with Crippen LogP contribution in [0.25, 0.3) is 0 Å². The Hall–Kier alpha value is -1.000. The molecule has 1 aromatic heterocycles. The Balaban J connectivity index is 2.50. The molecule has 0 saturated heterocycles. The molecule has 7 heteroatoms. The minimum atomic E-state index is -1.13. The van der Waals surface area contributed by atoms with E-state index in [9.17, 15) is 9.90 Å². The average molecular weight is 351 g/mol. The Morgan fingerprint density at radius 1 is 1.05 bits per heavy atom. The first-order chi connectivity index (χ1) is 9.36. The van der Waals surface area contributed by atoms with Gasteiger partial charge in [-0.25, -0.2) is 9.78 Å². The Labute approximate surface area is 135 Å². The second-order valence-electron chi connectivity index (χ2n) is 4.02. The summed E-state index contributed by atoms with van der Waals surface area (Å²) >= 11 is 23.5. The van der Waals surface area contributed by atoms with Gasteiger partial charge in [-0.3, -0.25) is 0 Å². The number of carbonyl (C=O) groups is 1. The van der Waals surface area contributed by atoms with E-state index in [1.165, 1.54) is 6.07 Å². The van der Waals surface area contributed by atoms with Crippen LogP contribution in [0.4, 0.5) is 0 Å². The van der Waals surface area contributed by atoms with E-state index in [-0.39, 0.29) is 22.3 Å². The van der Waals surface area contributed by atoms with Crippen molar-refractivity contribution in [2.45, 2.75) is 6.42 Å². The van der Waals surface area contributed by atoms with Crippen LogP contribution in [0.5, 0.6) is 0 Å². The molecule has 3 nitrogen and oxygen atoms in total. The molecule has 20 heavy (non-hydrogen) atoms. The summed E-state index contributed by atoms with van der Waals surface area (Å²) in [5.74, 6) is -1.13. The van der Waals surface area contributed by atoms with E-state index in [0.29, 0.717) is 15.6 Å². The van der Waals surface area contributed by atoms with Gasteiger partial charge < -0.3 is 5.11 Å². The SMILES string of the molecule is O=C(O)c1cc(Cl)nc(Cl)c1Cc1cc(Cl)cc(Cl)c1. The third-order valence-corrected chi connectivity index (χ3v) is 3.52. The minimum Gasteiger partial charge on any atom is -0.478 e. The summed E-state index contributed by atoms with van der Waals surface area (Å²) in [5, 5.41) is 10.2. The van der Waals surface area contributed by atoms with E-state index in [1.807, 2.05) is 0 Å². The highest BCUT2D eigenvalue weighted by Gasteiger charge is 2.17. The van der Waals surface area contributed by atoms with Crippen molar-refractivity contribution in [2.75, 3.05) is 0 Å².